The van der Waals surface area contributed by atoms with Crippen molar-refractivity contribution in [2.75, 3.05) is 0 Å². The Morgan fingerprint density at radius 2 is 1.86 bits per heavy atom. The van der Waals surface area contributed by atoms with Gasteiger partial charge in [-0.3, -0.25) is 0 Å². The summed E-state index contributed by atoms with van der Waals surface area (Å²) in [7, 11) is 0. The maximum atomic E-state index is 9.57. The van der Waals surface area contributed by atoms with Crippen LogP contribution in [0.4, 0.5) is 0 Å². The van der Waals surface area contributed by atoms with E-state index in [2.05, 4.69) is 9.97 Å². The highest BCUT2D eigenvalue weighted by atomic mass is 35.5. The summed E-state index contributed by atoms with van der Waals surface area (Å²) in [6.45, 7) is 0. The molecular weight excluding hydrogens is 200 g/mol. The van der Waals surface area contributed by atoms with E-state index >= 15 is 0 Å². The maximum absolute atomic E-state index is 9.57. The average molecular weight is 207 g/mol. The molecule has 0 atom stereocenters. The Kier molecular flexibility index (Phi) is 2.33. The number of hydrogen-bond acceptors (Lipinski definition) is 3. The highest BCUT2D eigenvalue weighted by Gasteiger charge is 2.04. The predicted octanol–water partition coefficient (Wildman–Crippen LogP) is 2.50. The zero-order valence-corrected chi connectivity index (χ0v) is 7.94. The fourth-order valence-corrected chi connectivity index (χ4v) is 1.35. The smallest absolute Gasteiger partial charge is 0.123 e. The minimum absolute atomic E-state index is 0.171. The van der Waals surface area contributed by atoms with Gasteiger partial charge in [0.25, 0.3) is 0 Å². The van der Waals surface area contributed by atoms with E-state index in [1.165, 1.54) is 6.33 Å². The van der Waals surface area contributed by atoms with Crippen LogP contribution in [-0.4, -0.2) is 15.1 Å². The van der Waals surface area contributed by atoms with E-state index < -0.39 is 0 Å². The summed E-state index contributed by atoms with van der Waals surface area (Å²) in [5.74, 6) is 0.171. The van der Waals surface area contributed by atoms with E-state index in [0.717, 1.165) is 5.56 Å². The second-order valence-electron chi connectivity index (χ2n) is 2.79. The molecule has 0 unspecified atom stereocenters. The third-order valence-corrected chi connectivity index (χ3v) is 2.07. The van der Waals surface area contributed by atoms with Gasteiger partial charge in [-0.1, -0.05) is 11.6 Å². The summed E-state index contributed by atoms with van der Waals surface area (Å²) in [5.41, 5.74) is 1.38. The van der Waals surface area contributed by atoms with Crippen molar-refractivity contribution in [3.63, 3.8) is 0 Å². The van der Waals surface area contributed by atoms with Crippen molar-refractivity contribution >= 4 is 11.6 Å². The minimum Gasteiger partial charge on any atom is -0.507 e. The molecule has 70 valence electrons. The molecule has 0 bridgehead atoms. The van der Waals surface area contributed by atoms with Crippen molar-refractivity contribution in [2.45, 2.75) is 0 Å². The van der Waals surface area contributed by atoms with E-state index in [9.17, 15) is 5.11 Å². The first-order chi connectivity index (χ1) is 6.77. The number of rotatable bonds is 1. The Labute approximate surface area is 86.0 Å². The highest BCUT2D eigenvalue weighted by molar-refractivity contribution is 6.30. The van der Waals surface area contributed by atoms with Gasteiger partial charge < -0.3 is 5.11 Å². The van der Waals surface area contributed by atoms with Gasteiger partial charge in [0.2, 0.25) is 0 Å². The molecule has 0 fully saturated rings. The Hall–Kier alpha value is -1.61. The number of aromatic nitrogens is 2. The largest absolute Gasteiger partial charge is 0.507 e. The van der Waals surface area contributed by atoms with Gasteiger partial charge in [0.15, 0.2) is 0 Å². The first-order valence-corrected chi connectivity index (χ1v) is 4.39. The molecule has 3 nitrogen and oxygen atoms in total. The van der Waals surface area contributed by atoms with Gasteiger partial charge in [-0.2, -0.15) is 0 Å². The molecule has 0 aliphatic carbocycles. The molecule has 0 aliphatic heterocycles. The molecule has 0 spiro atoms. The standard InChI is InChI=1S/C10H7ClN2O/c11-8-1-2-10(14)9(3-8)7-4-12-6-13-5-7/h1-6,14H. The van der Waals surface area contributed by atoms with Crippen molar-refractivity contribution < 1.29 is 5.11 Å². The fraction of sp³-hybridized carbons (Fsp3) is 0. The monoisotopic (exact) mass is 206 g/mol. The van der Waals surface area contributed by atoms with Gasteiger partial charge in [0, 0.05) is 28.5 Å². The molecule has 0 aliphatic rings. The van der Waals surface area contributed by atoms with E-state index in [1.54, 1.807) is 30.6 Å². The van der Waals surface area contributed by atoms with Crippen LogP contribution in [0, 0.1) is 0 Å². The number of hydrogen-bond donors (Lipinski definition) is 1. The summed E-state index contributed by atoms with van der Waals surface area (Å²) >= 11 is 5.81. The van der Waals surface area contributed by atoms with Crippen LogP contribution >= 0.6 is 11.6 Å². The van der Waals surface area contributed by atoms with Crippen LogP contribution in [0.3, 0.4) is 0 Å². The van der Waals surface area contributed by atoms with Crippen molar-refractivity contribution in [3.05, 3.63) is 41.9 Å². The zero-order chi connectivity index (χ0) is 9.97. The van der Waals surface area contributed by atoms with Crippen LogP contribution in [0.25, 0.3) is 11.1 Å². The lowest BCUT2D eigenvalue weighted by molar-refractivity contribution is 0.477. The molecule has 1 N–H and O–H groups in total. The lowest BCUT2D eigenvalue weighted by Crippen LogP contribution is -1.82. The lowest BCUT2D eigenvalue weighted by atomic mass is 10.1. The topological polar surface area (TPSA) is 46.0 Å². The quantitative estimate of drug-likeness (QED) is 0.780. The first kappa shape index (κ1) is 8.97. The van der Waals surface area contributed by atoms with Crippen LogP contribution in [0.5, 0.6) is 5.75 Å². The number of phenolic OH excluding ortho intramolecular Hbond substituents is 1. The van der Waals surface area contributed by atoms with Crippen molar-refractivity contribution in [3.8, 4) is 16.9 Å². The number of phenols is 1. The van der Waals surface area contributed by atoms with Crippen LogP contribution in [-0.2, 0) is 0 Å². The van der Waals surface area contributed by atoms with E-state index in [1.807, 2.05) is 0 Å². The Bertz CT molecular complexity index is 445. The Morgan fingerprint density at radius 1 is 1.14 bits per heavy atom. The predicted molar refractivity (Wildman–Crippen MR) is 54.1 cm³/mol. The minimum atomic E-state index is 0.171. The second kappa shape index (κ2) is 3.64. The van der Waals surface area contributed by atoms with E-state index in [4.69, 9.17) is 11.6 Å². The zero-order valence-electron chi connectivity index (χ0n) is 7.18. The van der Waals surface area contributed by atoms with E-state index in [-0.39, 0.29) is 5.75 Å². The number of halogens is 1. The van der Waals surface area contributed by atoms with Gasteiger partial charge in [-0.25, -0.2) is 9.97 Å². The fourth-order valence-electron chi connectivity index (χ4n) is 1.18. The van der Waals surface area contributed by atoms with Crippen LogP contribution in [0.15, 0.2) is 36.9 Å². The Morgan fingerprint density at radius 3 is 2.57 bits per heavy atom. The molecule has 0 saturated heterocycles. The Balaban J connectivity index is 2.57. The lowest BCUT2D eigenvalue weighted by Gasteiger charge is -2.03. The molecule has 1 aromatic carbocycles. The molecule has 1 aromatic heterocycles. The summed E-state index contributed by atoms with van der Waals surface area (Å²) in [6, 6.07) is 4.85. The molecule has 1 heterocycles. The van der Waals surface area contributed by atoms with Crippen molar-refractivity contribution in [2.24, 2.45) is 0 Å². The second-order valence-corrected chi connectivity index (χ2v) is 3.23. The van der Waals surface area contributed by atoms with Crippen LogP contribution in [0.1, 0.15) is 0 Å². The molecule has 14 heavy (non-hydrogen) atoms. The normalized spacial score (nSPS) is 10.1. The number of benzene rings is 1. The molecule has 0 saturated carbocycles. The van der Waals surface area contributed by atoms with Gasteiger partial charge >= 0.3 is 0 Å². The third kappa shape index (κ3) is 1.67. The maximum Gasteiger partial charge on any atom is 0.123 e. The third-order valence-electron chi connectivity index (χ3n) is 1.83. The molecule has 4 heteroatoms. The highest BCUT2D eigenvalue weighted by Crippen LogP contribution is 2.30. The number of aromatic hydroxyl groups is 1. The summed E-state index contributed by atoms with van der Waals surface area (Å²) in [4.78, 5) is 7.73. The molecule has 0 radical (unpaired) electrons. The SMILES string of the molecule is Oc1ccc(Cl)cc1-c1cncnc1. The molecule has 2 rings (SSSR count). The summed E-state index contributed by atoms with van der Waals surface area (Å²) < 4.78 is 0. The van der Waals surface area contributed by atoms with E-state index in [0.29, 0.717) is 10.6 Å². The molecule has 2 aromatic rings. The summed E-state index contributed by atoms with van der Waals surface area (Å²) in [6.07, 6.45) is 4.68. The summed E-state index contributed by atoms with van der Waals surface area (Å²) in [5, 5.41) is 10.1. The van der Waals surface area contributed by atoms with Gasteiger partial charge in [0.05, 0.1) is 0 Å². The van der Waals surface area contributed by atoms with Crippen LogP contribution in [0.2, 0.25) is 5.02 Å². The number of nitrogens with zero attached hydrogens (tertiary/aromatic N) is 2. The molecular formula is C10H7ClN2O. The molecule has 0 amide bonds. The first-order valence-electron chi connectivity index (χ1n) is 4.01. The van der Waals surface area contributed by atoms with Crippen LogP contribution < -0.4 is 0 Å². The van der Waals surface area contributed by atoms with Gasteiger partial charge in [0.1, 0.15) is 12.1 Å². The van der Waals surface area contributed by atoms with Crippen molar-refractivity contribution in [1.82, 2.24) is 9.97 Å². The van der Waals surface area contributed by atoms with Gasteiger partial charge in [-0.15, -0.1) is 0 Å². The van der Waals surface area contributed by atoms with Gasteiger partial charge in [-0.05, 0) is 18.2 Å². The average Bonchev–Trinajstić information content (AvgIpc) is 2.23. The van der Waals surface area contributed by atoms with Crippen molar-refractivity contribution in [1.29, 1.82) is 0 Å².